The standard InChI is InChI=1S/C18H24N2O4/c1-6-23-18(22)15-11(2)16(19-12(15)3)17(21)13(4)20(5)10-14-8-7-9-24-14/h7-9,13,19H,6,10H2,1-5H3/t13-/m1/s1. The summed E-state index contributed by atoms with van der Waals surface area (Å²) in [5.41, 5.74) is 2.18. The van der Waals surface area contributed by atoms with E-state index in [1.54, 1.807) is 27.0 Å². The predicted molar refractivity (Wildman–Crippen MR) is 90.2 cm³/mol. The maximum atomic E-state index is 12.8. The van der Waals surface area contributed by atoms with Crippen LogP contribution in [0.25, 0.3) is 0 Å². The number of hydrogen-bond acceptors (Lipinski definition) is 5. The van der Waals surface area contributed by atoms with Gasteiger partial charge in [-0.1, -0.05) is 0 Å². The Kier molecular flexibility index (Phi) is 5.62. The van der Waals surface area contributed by atoms with E-state index in [-0.39, 0.29) is 11.8 Å². The molecule has 2 aromatic rings. The Morgan fingerprint density at radius 3 is 2.67 bits per heavy atom. The minimum absolute atomic E-state index is 0.0693. The zero-order valence-corrected chi connectivity index (χ0v) is 14.8. The predicted octanol–water partition coefficient (Wildman–Crippen LogP) is 3.10. The Balaban J connectivity index is 2.20. The van der Waals surface area contributed by atoms with Crippen LogP contribution >= 0.6 is 0 Å². The Hall–Kier alpha value is -2.34. The van der Waals surface area contributed by atoms with Gasteiger partial charge in [0.2, 0.25) is 0 Å². The number of carbonyl (C=O) groups excluding carboxylic acids is 2. The van der Waals surface area contributed by atoms with Crippen molar-refractivity contribution in [3.63, 3.8) is 0 Å². The molecule has 0 aromatic carbocycles. The number of Topliss-reactive ketones (excluding diaryl/α,β-unsaturated/α-hetero) is 1. The minimum atomic E-state index is -0.403. The number of nitrogens with one attached hydrogen (secondary N) is 1. The van der Waals surface area contributed by atoms with Crippen molar-refractivity contribution < 1.29 is 18.7 Å². The normalized spacial score (nSPS) is 12.4. The third-order valence-corrected chi connectivity index (χ3v) is 4.19. The Morgan fingerprint density at radius 1 is 1.38 bits per heavy atom. The number of carbonyl (C=O) groups is 2. The number of H-pyrrole nitrogens is 1. The van der Waals surface area contributed by atoms with Crippen molar-refractivity contribution in [1.29, 1.82) is 0 Å². The second kappa shape index (κ2) is 7.49. The maximum absolute atomic E-state index is 12.8. The first-order valence-corrected chi connectivity index (χ1v) is 7.99. The molecule has 0 unspecified atom stereocenters. The molecule has 1 atom stereocenters. The van der Waals surface area contributed by atoms with Crippen molar-refractivity contribution in [1.82, 2.24) is 9.88 Å². The van der Waals surface area contributed by atoms with Gasteiger partial charge in [0.25, 0.3) is 0 Å². The number of hydrogen-bond donors (Lipinski definition) is 1. The van der Waals surface area contributed by atoms with E-state index in [4.69, 9.17) is 9.15 Å². The quantitative estimate of drug-likeness (QED) is 0.623. The van der Waals surface area contributed by atoms with Crippen LogP contribution in [0.2, 0.25) is 0 Å². The number of ether oxygens (including phenoxy) is 1. The molecule has 130 valence electrons. The van der Waals surface area contributed by atoms with Crippen LogP contribution in [-0.4, -0.2) is 41.3 Å². The molecule has 2 aromatic heterocycles. The molecule has 0 aliphatic carbocycles. The van der Waals surface area contributed by atoms with E-state index in [2.05, 4.69) is 4.98 Å². The Bertz CT molecular complexity index is 716. The number of aryl methyl sites for hydroxylation is 1. The van der Waals surface area contributed by atoms with Crippen LogP contribution < -0.4 is 0 Å². The van der Waals surface area contributed by atoms with E-state index < -0.39 is 5.97 Å². The number of aromatic nitrogens is 1. The third kappa shape index (κ3) is 3.59. The summed E-state index contributed by atoms with van der Waals surface area (Å²) >= 11 is 0. The molecule has 2 heterocycles. The highest BCUT2D eigenvalue weighted by Crippen LogP contribution is 2.21. The van der Waals surface area contributed by atoms with Gasteiger partial charge in [-0.2, -0.15) is 0 Å². The van der Waals surface area contributed by atoms with Crippen molar-refractivity contribution in [2.45, 2.75) is 40.3 Å². The number of likely N-dealkylation sites (N-methyl/N-ethyl adjacent to an activating group) is 1. The first-order chi connectivity index (χ1) is 11.4. The molecule has 6 nitrogen and oxygen atoms in total. The fourth-order valence-electron chi connectivity index (χ4n) is 2.70. The average Bonchev–Trinajstić information content (AvgIpc) is 3.14. The van der Waals surface area contributed by atoms with E-state index in [9.17, 15) is 9.59 Å². The van der Waals surface area contributed by atoms with E-state index in [0.29, 0.717) is 35.7 Å². The van der Waals surface area contributed by atoms with E-state index in [0.717, 1.165) is 5.76 Å². The van der Waals surface area contributed by atoms with E-state index >= 15 is 0 Å². The van der Waals surface area contributed by atoms with E-state index in [1.807, 2.05) is 31.0 Å². The molecule has 0 fully saturated rings. The first kappa shape index (κ1) is 18.0. The number of nitrogens with zero attached hydrogens (tertiary/aromatic N) is 1. The van der Waals surface area contributed by atoms with Crippen LogP contribution in [0.5, 0.6) is 0 Å². The van der Waals surface area contributed by atoms with E-state index in [1.165, 1.54) is 0 Å². The molecule has 0 saturated carbocycles. The maximum Gasteiger partial charge on any atom is 0.340 e. The largest absolute Gasteiger partial charge is 0.468 e. The number of furan rings is 1. The van der Waals surface area contributed by atoms with Crippen molar-refractivity contribution in [2.75, 3.05) is 13.7 Å². The highest BCUT2D eigenvalue weighted by Gasteiger charge is 2.27. The van der Waals surface area contributed by atoms with Gasteiger partial charge < -0.3 is 14.1 Å². The Labute approximate surface area is 141 Å². The summed E-state index contributed by atoms with van der Waals surface area (Å²) in [5, 5.41) is 0. The molecule has 0 spiro atoms. The number of rotatable bonds is 7. The minimum Gasteiger partial charge on any atom is -0.468 e. The average molecular weight is 332 g/mol. The third-order valence-electron chi connectivity index (χ3n) is 4.19. The molecule has 0 saturated heterocycles. The van der Waals surface area contributed by atoms with Crippen molar-refractivity contribution >= 4 is 11.8 Å². The second-order valence-corrected chi connectivity index (χ2v) is 5.88. The van der Waals surface area contributed by atoms with Gasteiger partial charge in [0.15, 0.2) is 5.78 Å². The lowest BCUT2D eigenvalue weighted by molar-refractivity contribution is 0.0525. The molecular formula is C18H24N2O4. The molecule has 0 aliphatic heterocycles. The van der Waals surface area contributed by atoms with Crippen LogP contribution in [0.3, 0.4) is 0 Å². The van der Waals surface area contributed by atoms with Crippen molar-refractivity contribution in [3.05, 3.63) is 46.7 Å². The lowest BCUT2D eigenvalue weighted by Gasteiger charge is -2.22. The van der Waals surface area contributed by atoms with Gasteiger partial charge >= 0.3 is 5.97 Å². The van der Waals surface area contributed by atoms with Crippen LogP contribution in [-0.2, 0) is 11.3 Å². The molecule has 2 rings (SSSR count). The van der Waals surface area contributed by atoms with Crippen LogP contribution in [0.15, 0.2) is 22.8 Å². The Morgan fingerprint density at radius 2 is 2.08 bits per heavy atom. The fraction of sp³-hybridized carbons (Fsp3) is 0.444. The molecule has 24 heavy (non-hydrogen) atoms. The molecule has 6 heteroatoms. The van der Waals surface area contributed by atoms with Gasteiger partial charge in [0.1, 0.15) is 5.76 Å². The van der Waals surface area contributed by atoms with Crippen LogP contribution in [0.1, 0.15) is 51.7 Å². The van der Waals surface area contributed by atoms with Gasteiger partial charge in [-0.25, -0.2) is 4.79 Å². The van der Waals surface area contributed by atoms with Gasteiger partial charge in [-0.05, 0) is 52.4 Å². The zero-order chi connectivity index (χ0) is 17.9. The highest BCUT2D eigenvalue weighted by molar-refractivity contribution is 6.03. The van der Waals surface area contributed by atoms with Crippen molar-refractivity contribution in [3.8, 4) is 0 Å². The highest BCUT2D eigenvalue weighted by atomic mass is 16.5. The smallest absolute Gasteiger partial charge is 0.340 e. The fourth-order valence-corrected chi connectivity index (χ4v) is 2.70. The molecule has 1 N–H and O–H groups in total. The summed E-state index contributed by atoms with van der Waals surface area (Å²) in [6, 6.07) is 3.33. The lowest BCUT2D eigenvalue weighted by Crippen LogP contribution is -2.36. The number of ketones is 1. The zero-order valence-electron chi connectivity index (χ0n) is 14.8. The topological polar surface area (TPSA) is 75.5 Å². The molecule has 0 amide bonds. The van der Waals surface area contributed by atoms with Gasteiger partial charge in [0.05, 0.1) is 36.7 Å². The summed E-state index contributed by atoms with van der Waals surface area (Å²) in [7, 11) is 1.86. The summed E-state index contributed by atoms with van der Waals surface area (Å²) in [5.74, 6) is 0.323. The number of aromatic amines is 1. The molecule has 0 aliphatic rings. The number of esters is 1. The summed E-state index contributed by atoms with van der Waals surface area (Å²) < 4.78 is 10.4. The van der Waals surface area contributed by atoms with Crippen LogP contribution in [0, 0.1) is 13.8 Å². The summed E-state index contributed by atoms with van der Waals surface area (Å²) in [6.07, 6.45) is 1.61. The molecule has 0 radical (unpaired) electrons. The lowest BCUT2D eigenvalue weighted by atomic mass is 10.0. The monoisotopic (exact) mass is 332 g/mol. The molecular weight excluding hydrogens is 308 g/mol. The summed E-state index contributed by atoms with van der Waals surface area (Å²) in [4.78, 5) is 29.8. The van der Waals surface area contributed by atoms with Gasteiger partial charge in [-0.15, -0.1) is 0 Å². The van der Waals surface area contributed by atoms with Crippen molar-refractivity contribution in [2.24, 2.45) is 0 Å². The van der Waals surface area contributed by atoms with Gasteiger partial charge in [-0.3, -0.25) is 9.69 Å². The first-order valence-electron chi connectivity index (χ1n) is 7.99. The second-order valence-electron chi connectivity index (χ2n) is 5.88. The van der Waals surface area contributed by atoms with Gasteiger partial charge in [0, 0.05) is 5.69 Å². The summed E-state index contributed by atoms with van der Waals surface area (Å²) in [6.45, 7) is 7.96. The SMILES string of the molecule is CCOC(=O)c1c(C)[nH]c(C(=O)[C@@H](C)N(C)Cc2ccco2)c1C. The van der Waals surface area contributed by atoms with Crippen LogP contribution in [0.4, 0.5) is 0 Å². The molecule has 0 bridgehead atoms.